The van der Waals surface area contributed by atoms with E-state index < -0.39 is 24.0 Å². The smallest absolute Gasteiger partial charge is 0.347 e. The van der Waals surface area contributed by atoms with Crippen LogP contribution in [0.2, 0.25) is 0 Å². The molecule has 1 unspecified atom stereocenters. The van der Waals surface area contributed by atoms with E-state index in [1.807, 2.05) is 0 Å². The summed E-state index contributed by atoms with van der Waals surface area (Å²) in [7, 11) is 0. The number of aliphatic hydroxyl groups excluding tert-OH is 1. The van der Waals surface area contributed by atoms with Crippen LogP contribution < -0.4 is 4.74 Å². The molecule has 0 amide bonds. The Labute approximate surface area is 105 Å². The highest BCUT2D eigenvalue weighted by Gasteiger charge is 2.17. The molecule has 0 bridgehead atoms. The van der Waals surface area contributed by atoms with Crippen LogP contribution in [0.4, 0.5) is 4.39 Å². The van der Waals surface area contributed by atoms with Crippen molar-refractivity contribution in [3.05, 3.63) is 29.6 Å². The van der Waals surface area contributed by atoms with Crippen LogP contribution in [0.25, 0.3) is 0 Å². The predicted molar refractivity (Wildman–Crippen MR) is 63.8 cm³/mol. The molecule has 2 atom stereocenters. The molecular formula is C13H17FO4. The summed E-state index contributed by atoms with van der Waals surface area (Å²) in [6.45, 7) is 4.96. The Balaban J connectivity index is 2.74. The van der Waals surface area contributed by atoms with Gasteiger partial charge in [-0.3, -0.25) is 0 Å². The van der Waals surface area contributed by atoms with E-state index in [1.165, 1.54) is 26.0 Å². The fraction of sp³-hybridized carbons (Fsp3) is 0.462. The van der Waals surface area contributed by atoms with Crippen molar-refractivity contribution in [2.45, 2.75) is 33.0 Å². The van der Waals surface area contributed by atoms with Crippen LogP contribution in [-0.2, 0) is 9.53 Å². The molecule has 0 aromatic heterocycles. The van der Waals surface area contributed by atoms with Gasteiger partial charge in [0, 0.05) is 11.6 Å². The molecule has 0 saturated heterocycles. The normalized spacial score (nSPS) is 13.8. The molecule has 0 spiro atoms. The molecule has 5 heteroatoms. The van der Waals surface area contributed by atoms with Crippen LogP contribution in [0.3, 0.4) is 0 Å². The lowest BCUT2D eigenvalue weighted by atomic mass is 10.1. The number of aliphatic hydroxyl groups is 1. The largest absolute Gasteiger partial charge is 0.479 e. The Hall–Kier alpha value is -1.62. The average Bonchev–Trinajstić information content (AvgIpc) is 2.28. The first kappa shape index (κ1) is 14.4. The highest BCUT2D eigenvalue weighted by atomic mass is 19.1. The van der Waals surface area contributed by atoms with Crippen molar-refractivity contribution in [2.75, 3.05) is 6.61 Å². The summed E-state index contributed by atoms with van der Waals surface area (Å²) in [5.41, 5.74) is 0.186. The zero-order valence-electron chi connectivity index (χ0n) is 10.6. The van der Waals surface area contributed by atoms with Gasteiger partial charge in [0.05, 0.1) is 12.7 Å². The number of hydrogen-bond acceptors (Lipinski definition) is 4. The average molecular weight is 256 g/mol. The lowest BCUT2D eigenvalue weighted by Gasteiger charge is -2.14. The van der Waals surface area contributed by atoms with Crippen molar-refractivity contribution in [3.63, 3.8) is 0 Å². The molecule has 18 heavy (non-hydrogen) atoms. The summed E-state index contributed by atoms with van der Waals surface area (Å²) in [6, 6.07) is 4.06. The van der Waals surface area contributed by atoms with Gasteiger partial charge < -0.3 is 14.6 Å². The fourth-order valence-corrected chi connectivity index (χ4v) is 1.43. The number of ether oxygens (including phenoxy) is 2. The van der Waals surface area contributed by atoms with Crippen molar-refractivity contribution < 1.29 is 23.8 Å². The molecule has 0 aliphatic carbocycles. The third-order valence-electron chi connectivity index (χ3n) is 2.35. The minimum atomic E-state index is -0.887. The van der Waals surface area contributed by atoms with Crippen LogP contribution in [0.1, 0.15) is 32.4 Å². The van der Waals surface area contributed by atoms with E-state index in [0.717, 1.165) is 6.07 Å². The summed E-state index contributed by atoms with van der Waals surface area (Å²) in [5.74, 6) is -0.853. The maximum atomic E-state index is 13.5. The lowest BCUT2D eigenvalue weighted by Crippen LogP contribution is -2.26. The minimum absolute atomic E-state index is 0.186. The van der Waals surface area contributed by atoms with Crippen LogP contribution in [0, 0.1) is 5.82 Å². The topological polar surface area (TPSA) is 55.8 Å². The van der Waals surface area contributed by atoms with Gasteiger partial charge in [-0.15, -0.1) is 0 Å². The maximum absolute atomic E-state index is 13.5. The summed E-state index contributed by atoms with van der Waals surface area (Å²) in [4.78, 5) is 11.3. The van der Waals surface area contributed by atoms with Gasteiger partial charge in [-0.05, 0) is 32.9 Å². The second-order valence-corrected chi connectivity index (χ2v) is 3.87. The van der Waals surface area contributed by atoms with E-state index in [1.54, 1.807) is 6.92 Å². The highest BCUT2D eigenvalue weighted by molar-refractivity contribution is 5.74. The third-order valence-corrected chi connectivity index (χ3v) is 2.35. The first-order valence-electron chi connectivity index (χ1n) is 5.76. The standard InChI is InChI=1S/C13H17FO4/c1-4-17-13(16)9(3)18-10-5-6-11(8(2)15)12(14)7-10/h5-9,15H,4H2,1-3H3/t8-,9?/m0/s1. The molecular weight excluding hydrogens is 239 g/mol. The molecule has 1 rings (SSSR count). The monoisotopic (exact) mass is 256 g/mol. The highest BCUT2D eigenvalue weighted by Crippen LogP contribution is 2.22. The number of carbonyl (C=O) groups excluding carboxylic acids is 1. The van der Waals surface area contributed by atoms with E-state index in [9.17, 15) is 14.3 Å². The molecule has 0 saturated carbocycles. The summed E-state index contributed by atoms with van der Waals surface area (Å²) in [6.07, 6.45) is -1.69. The predicted octanol–water partition coefficient (Wildman–Crippen LogP) is 2.21. The third kappa shape index (κ3) is 3.70. The second kappa shape index (κ2) is 6.35. The van der Waals surface area contributed by atoms with Crippen molar-refractivity contribution in [2.24, 2.45) is 0 Å². The molecule has 0 aliphatic rings. The Bertz CT molecular complexity index is 417. The van der Waals surface area contributed by atoms with Crippen LogP contribution in [0.15, 0.2) is 18.2 Å². The molecule has 0 fully saturated rings. The second-order valence-electron chi connectivity index (χ2n) is 3.87. The Morgan fingerprint density at radius 1 is 1.44 bits per heavy atom. The first-order valence-corrected chi connectivity index (χ1v) is 5.76. The number of halogens is 1. The zero-order chi connectivity index (χ0) is 13.7. The summed E-state index contributed by atoms with van der Waals surface area (Å²) >= 11 is 0. The molecule has 1 aromatic rings. The number of carbonyl (C=O) groups is 1. The van der Waals surface area contributed by atoms with E-state index in [2.05, 4.69) is 0 Å². The molecule has 100 valence electrons. The van der Waals surface area contributed by atoms with E-state index in [4.69, 9.17) is 9.47 Å². The van der Waals surface area contributed by atoms with Gasteiger partial charge in [-0.1, -0.05) is 0 Å². The molecule has 0 heterocycles. The van der Waals surface area contributed by atoms with Crippen LogP contribution in [0.5, 0.6) is 5.75 Å². The van der Waals surface area contributed by atoms with Gasteiger partial charge in [-0.25, -0.2) is 9.18 Å². The lowest BCUT2D eigenvalue weighted by molar-refractivity contribution is -0.150. The van der Waals surface area contributed by atoms with Crippen molar-refractivity contribution in [3.8, 4) is 5.75 Å². The van der Waals surface area contributed by atoms with Gasteiger partial charge in [0.15, 0.2) is 6.10 Å². The van der Waals surface area contributed by atoms with Crippen LogP contribution >= 0.6 is 0 Å². The van der Waals surface area contributed by atoms with E-state index in [-0.39, 0.29) is 17.9 Å². The van der Waals surface area contributed by atoms with Crippen molar-refractivity contribution in [1.82, 2.24) is 0 Å². The summed E-state index contributed by atoms with van der Waals surface area (Å²) in [5, 5.41) is 9.28. The number of esters is 1. The maximum Gasteiger partial charge on any atom is 0.347 e. The van der Waals surface area contributed by atoms with Crippen molar-refractivity contribution >= 4 is 5.97 Å². The minimum Gasteiger partial charge on any atom is -0.479 e. The van der Waals surface area contributed by atoms with Gasteiger partial charge in [-0.2, -0.15) is 0 Å². The Kier molecular flexibility index (Phi) is 5.09. The molecule has 4 nitrogen and oxygen atoms in total. The molecule has 0 aliphatic heterocycles. The van der Waals surface area contributed by atoms with Gasteiger partial charge in [0.2, 0.25) is 0 Å². The van der Waals surface area contributed by atoms with Crippen LogP contribution in [-0.4, -0.2) is 23.8 Å². The van der Waals surface area contributed by atoms with Gasteiger partial charge in [0.25, 0.3) is 0 Å². The number of hydrogen-bond donors (Lipinski definition) is 1. The van der Waals surface area contributed by atoms with Crippen molar-refractivity contribution in [1.29, 1.82) is 0 Å². The Morgan fingerprint density at radius 3 is 2.61 bits per heavy atom. The summed E-state index contributed by atoms with van der Waals surface area (Å²) < 4.78 is 23.6. The quantitative estimate of drug-likeness (QED) is 0.821. The zero-order valence-corrected chi connectivity index (χ0v) is 10.6. The van der Waals surface area contributed by atoms with Gasteiger partial charge in [0.1, 0.15) is 11.6 Å². The van der Waals surface area contributed by atoms with E-state index >= 15 is 0 Å². The van der Waals surface area contributed by atoms with Gasteiger partial charge >= 0.3 is 5.97 Å². The van der Waals surface area contributed by atoms with E-state index in [0.29, 0.717) is 0 Å². The molecule has 1 aromatic carbocycles. The molecule has 1 N–H and O–H groups in total. The molecule has 0 radical (unpaired) electrons. The fourth-order valence-electron chi connectivity index (χ4n) is 1.43. The SMILES string of the molecule is CCOC(=O)C(C)Oc1ccc([C@H](C)O)c(F)c1. The number of benzene rings is 1. The first-order chi connectivity index (χ1) is 8.45. The number of rotatable bonds is 5. The Morgan fingerprint density at radius 2 is 2.11 bits per heavy atom.